The van der Waals surface area contributed by atoms with Crippen LogP contribution in [0.4, 0.5) is 0 Å². The fourth-order valence-corrected chi connectivity index (χ4v) is 2.81. The van der Waals surface area contributed by atoms with Gasteiger partial charge in [-0.25, -0.2) is 17.9 Å². The maximum Gasteiger partial charge on any atom is 0.338 e. The molecule has 8 heteroatoms. The number of benzene rings is 1. The van der Waals surface area contributed by atoms with Crippen LogP contribution in [0.5, 0.6) is 0 Å². The van der Waals surface area contributed by atoms with Crippen LogP contribution in [0.3, 0.4) is 0 Å². The van der Waals surface area contributed by atoms with Crippen molar-refractivity contribution in [3.63, 3.8) is 0 Å². The van der Waals surface area contributed by atoms with E-state index in [1.165, 1.54) is 19.2 Å². The van der Waals surface area contributed by atoms with Crippen LogP contribution in [0.25, 0.3) is 0 Å². The molecule has 1 rings (SSSR count). The number of nitrogens with one attached hydrogen (secondary N) is 2. The average molecular weight is 351 g/mol. The van der Waals surface area contributed by atoms with Crippen LogP contribution in [0.2, 0.25) is 0 Å². The molecular formula is C14H23ClN2O4S. The summed E-state index contributed by atoms with van der Waals surface area (Å²) in [5.41, 5.74) is 0.926. The zero-order valence-corrected chi connectivity index (χ0v) is 14.6. The minimum absolute atomic E-state index is 0. The van der Waals surface area contributed by atoms with E-state index in [4.69, 9.17) is 0 Å². The Hall–Kier alpha value is -1.15. The molecule has 0 aromatic heterocycles. The Labute approximate surface area is 138 Å². The molecule has 0 amide bonds. The second kappa shape index (κ2) is 9.78. The molecule has 1 aromatic rings. The molecule has 22 heavy (non-hydrogen) atoms. The Morgan fingerprint density at radius 1 is 1.23 bits per heavy atom. The summed E-state index contributed by atoms with van der Waals surface area (Å²) in [5, 5.41) is 3.11. The number of methoxy groups -OCH3 is 1. The second-order valence-electron chi connectivity index (χ2n) is 4.62. The van der Waals surface area contributed by atoms with Crippen molar-refractivity contribution >= 4 is 28.4 Å². The lowest BCUT2D eigenvalue weighted by Crippen LogP contribution is -2.32. The first-order valence-corrected chi connectivity index (χ1v) is 8.30. The summed E-state index contributed by atoms with van der Waals surface area (Å²) in [6, 6.07) is 4.41. The standard InChI is InChI=1S/C14H22N2O4S.ClH/c1-4-7-15-8-9-16-21(18,19)12-6-5-11(2)13(10-12)14(17)20-3;/h5-6,10,15-16H,4,7-9H2,1-3H3;1H. The van der Waals surface area contributed by atoms with E-state index in [0.717, 1.165) is 13.0 Å². The fourth-order valence-electron chi connectivity index (χ4n) is 1.76. The lowest BCUT2D eigenvalue weighted by molar-refractivity contribution is 0.0599. The van der Waals surface area contributed by atoms with Gasteiger partial charge in [-0.15, -0.1) is 12.4 Å². The molecule has 0 bridgehead atoms. The molecule has 6 nitrogen and oxygen atoms in total. The van der Waals surface area contributed by atoms with Gasteiger partial charge in [0.2, 0.25) is 10.0 Å². The highest BCUT2D eigenvalue weighted by Crippen LogP contribution is 2.16. The van der Waals surface area contributed by atoms with Gasteiger partial charge in [-0.05, 0) is 37.6 Å². The third-order valence-corrected chi connectivity index (χ3v) is 4.40. The van der Waals surface area contributed by atoms with Gasteiger partial charge in [-0.1, -0.05) is 13.0 Å². The molecule has 2 N–H and O–H groups in total. The van der Waals surface area contributed by atoms with Crippen LogP contribution < -0.4 is 10.0 Å². The molecule has 0 aliphatic heterocycles. The molecule has 0 unspecified atom stereocenters. The van der Waals surface area contributed by atoms with E-state index in [0.29, 0.717) is 18.7 Å². The van der Waals surface area contributed by atoms with E-state index in [2.05, 4.69) is 14.8 Å². The van der Waals surface area contributed by atoms with Gasteiger partial charge in [0.05, 0.1) is 17.6 Å². The molecule has 0 saturated carbocycles. The number of hydrogen-bond acceptors (Lipinski definition) is 5. The zero-order chi connectivity index (χ0) is 15.9. The highest BCUT2D eigenvalue weighted by atomic mass is 35.5. The predicted octanol–water partition coefficient (Wildman–Crippen LogP) is 1.48. The minimum Gasteiger partial charge on any atom is -0.465 e. The van der Waals surface area contributed by atoms with E-state index in [1.807, 2.05) is 6.92 Å². The summed E-state index contributed by atoms with van der Waals surface area (Å²) in [5.74, 6) is -0.547. The highest BCUT2D eigenvalue weighted by molar-refractivity contribution is 7.89. The number of ether oxygens (including phenoxy) is 1. The lowest BCUT2D eigenvalue weighted by atomic mass is 10.1. The van der Waals surface area contributed by atoms with Gasteiger partial charge in [-0.3, -0.25) is 0 Å². The van der Waals surface area contributed by atoms with Gasteiger partial charge in [0.25, 0.3) is 0 Å². The van der Waals surface area contributed by atoms with Crippen LogP contribution in [0.15, 0.2) is 23.1 Å². The van der Waals surface area contributed by atoms with Crippen LogP contribution >= 0.6 is 12.4 Å². The quantitative estimate of drug-likeness (QED) is 0.548. The van der Waals surface area contributed by atoms with Crippen molar-refractivity contribution in [1.82, 2.24) is 10.0 Å². The molecule has 0 radical (unpaired) electrons. The first-order valence-electron chi connectivity index (χ1n) is 6.81. The van der Waals surface area contributed by atoms with E-state index in [1.54, 1.807) is 13.0 Å². The molecule has 126 valence electrons. The predicted molar refractivity (Wildman–Crippen MR) is 88.1 cm³/mol. The largest absolute Gasteiger partial charge is 0.465 e. The van der Waals surface area contributed by atoms with Gasteiger partial charge in [0.1, 0.15) is 0 Å². The lowest BCUT2D eigenvalue weighted by Gasteiger charge is -2.10. The van der Waals surface area contributed by atoms with Gasteiger partial charge in [-0.2, -0.15) is 0 Å². The number of hydrogen-bond donors (Lipinski definition) is 2. The molecule has 0 atom stereocenters. The normalized spacial score (nSPS) is 10.9. The number of aryl methyl sites for hydroxylation is 1. The Kier molecular flexibility index (Phi) is 9.27. The molecule has 0 aliphatic rings. The summed E-state index contributed by atoms with van der Waals surface area (Å²) in [6.07, 6.45) is 0.993. The summed E-state index contributed by atoms with van der Waals surface area (Å²) < 4.78 is 31.4. The topological polar surface area (TPSA) is 84.5 Å². The van der Waals surface area contributed by atoms with E-state index < -0.39 is 16.0 Å². The second-order valence-corrected chi connectivity index (χ2v) is 6.38. The van der Waals surface area contributed by atoms with Crippen LogP contribution in [0, 0.1) is 6.92 Å². The van der Waals surface area contributed by atoms with E-state index >= 15 is 0 Å². The zero-order valence-electron chi connectivity index (χ0n) is 13.0. The number of carbonyl (C=O) groups is 1. The number of halogens is 1. The van der Waals surface area contributed by atoms with Gasteiger partial charge in [0.15, 0.2) is 0 Å². The van der Waals surface area contributed by atoms with E-state index in [-0.39, 0.29) is 22.9 Å². The number of sulfonamides is 1. The monoisotopic (exact) mass is 350 g/mol. The van der Waals surface area contributed by atoms with E-state index in [9.17, 15) is 13.2 Å². The third kappa shape index (κ3) is 5.92. The minimum atomic E-state index is -3.63. The van der Waals surface area contributed by atoms with Gasteiger partial charge >= 0.3 is 5.97 Å². The maximum atomic E-state index is 12.1. The SMILES string of the molecule is CCCNCCNS(=O)(=O)c1ccc(C)c(C(=O)OC)c1.Cl. The smallest absolute Gasteiger partial charge is 0.338 e. The molecule has 0 saturated heterocycles. The van der Waals surface area contributed by atoms with Crippen LogP contribution in [-0.2, 0) is 14.8 Å². The molecule has 1 aromatic carbocycles. The molecule has 0 heterocycles. The molecule has 0 fully saturated rings. The Bertz CT molecular complexity index is 591. The van der Waals surface area contributed by atoms with Crippen molar-refractivity contribution in [1.29, 1.82) is 0 Å². The number of carbonyl (C=O) groups excluding carboxylic acids is 1. The first-order chi connectivity index (χ1) is 9.92. The number of esters is 1. The highest BCUT2D eigenvalue weighted by Gasteiger charge is 2.17. The van der Waals surface area contributed by atoms with Crippen molar-refractivity contribution < 1.29 is 17.9 Å². The van der Waals surface area contributed by atoms with Crippen LogP contribution in [0.1, 0.15) is 29.3 Å². The van der Waals surface area contributed by atoms with Gasteiger partial charge < -0.3 is 10.1 Å². The van der Waals surface area contributed by atoms with Gasteiger partial charge in [0, 0.05) is 13.1 Å². The Balaban J connectivity index is 0.00000441. The Morgan fingerprint density at radius 2 is 1.91 bits per heavy atom. The fraction of sp³-hybridized carbons (Fsp3) is 0.500. The van der Waals surface area contributed by atoms with Crippen LogP contribution in [-0.4, -0.2) is 41.1 Å². The maximum absolute atomic E-state index is 12.1. The van der Waals surface area contributed by atoms with Crippen molar-refractivity contribution in [2.24, 2.45) is 0 Å². The molecule has 0 aliphatic carbocycles. The summed E-state index contributed by atoms with van der Waals surface area (Å²) >= 11 is 0. The first kappa shape index (κ1) is 20.9. The summed E-state index contributed by atoms with van der Waals surface area (Å²) in [4.78, 5) is 11.7. The van der Waals surface area contributed by atoms with Crippen molar-refractivity contribution in [3.8, 4) is 0 Å². The Morgan fingerprint density at radius 3 is 2.50 bits per heavy atom. The summed E-state index contributed by atoms with van der Waals surface area (Å²) in [6.45, 7) is 5.47. The molecular weight excluding hydrogens is 328 g/mol. The third-order valence-electron chi connectivity index (χ3n) is 2.95. The van der Waals surface area contributed by atoms with Crippen molar-refractivity contribution in [2.75, 3.05) is 26.7 Å². The average Bonchev–Trinajstić information content (AvgIpc) is 2.46. The van der Waals surface area contributed by atoms with Crippen molar-refractivity contribution in [2.45, 2.75) is 25.2 Å². The van der Waals surface area contributed by atoms with Crippen molar-refractivity contribution in [3.05, 3.63) is 29.3 Å². The molecule has 0 spiro atoms. The number of rotatable bonds is 8. The summed E-state index contributed by atoms with van der Waals surface area (Å²) in [7, 11) is -2.36.